The van der Waals surface area contributed by atoms with Crippen LogP contribution < -0.4 is 5.73 Å². The van der Waals surface area contributed by atoms with Crippen molar-refractivity contribution in [3.63, 3.8) is 0 Å². The Kier molecular flexibility index (Phi) is 4.93. The van der Waals surface area contributed by atoms with Gasteiger partial charge >= 0.3 is 0 Å². The van der Waals surface area contributed by atoms with Crippen molar-refractivity contribution < 1.29 is 8.81 Å². The van der Waals surface area contributed by atoms with E-state index in [-0.39, 0.29) is 5.82 Å². The molecular weight excluding hydrogens is 265 g/mol. The topological polar surface area (TPSA) is 64.9 Å². The van der Waals surface area contributed by atoms with E-state index in [1.807, 2.05) is 0 Å². The Bertz CT molecular complexity index is 515. The molecule has 1 unspecified atom stereocenters. The molecule has 102 valence electrons. The highest BCUT2D eigenvalue weighted by Gasteiger charge is 2.10. The van der Waals surface area contributed by atoms with Crippen LogP contribution in [0.2, 0.25) is 0 Å². The molecule has 0 fully saturated rings. The largest absolute Gasteiger partial charge is 0.420 e. The number of nitrogens with two attached hydrogens (primary N) is 1. The normalized spacial score (nSPS) is 12.6. The zero-order valence-corrected chi connectivity index (χ0v) is 11.5. The molecule has 19 heavy (non-hydrogen) atoms. The van der Waals surface area contributed by atoms with Crippen LogP contribution in [0.3, 0.4) is 0 Å². The van der Waals surface area contributed by atoms with E-state index in [1.54, 1.807) is 23.9 Å². The van der Waals surface area contributed by atoms with Crippen LogP contribution in [0.5, 0.6) is 0 Å². The lowest BCUT2D eigenvalue weighted by molar-refractivity contribution is 0.528. The molecule has 1 aromatic carbocycles. The molecule has 0 saturated carbocycles. The van der Waals surface area contributed by atoms with Crippen molar-refractivity contribution in [2.75, 3.05) is 6.54 Å². The number of halogens is 1. The van der Waals surface area contributed by atoms with E-state index in [1.165, 1.54) is 12.1 Å². The molecule has 0 bridgehead atoms. The second-order valence-corrected chi connectivity index (χ2v) is 5.63. The molecule has 2 N–H and O–H groups in total. The predicted molar refractivity (Wildman–Crippen MR) is 74.1 cm³/mol. The van der Waals surface area contributed by atoms with E-state index in [4.69, 9.17) is 10.2 Å². The van der Waals surface area contributed by atoms with Gasteiger partial charge in [0, 0.05) is 10.8 Å². The molecule has 0 aliphatic rings. The summed E-state index contributed by atoms with van der Waals surface area (Å²) >= 11 is 1.73. The van der Waals surface area contributed by atoms with Gasteiger partial charge in [-0.25, -0.2) is 4.39 Å². The Balaban J connectivity index is 1.97. The van der Waals surface area contributed by atoms with Crippen molar-refractivity contribution in [3.05, 3.63) is 36.0 Å². The highest BCUT2D eigenvalue weighted by Crippen LogP contribution is 2.22. The zero-order valence-electron chi connectivity index (χ0n) is 10.7. The molecule has 1 aromatic heterocycles. The van der Waals surface area contributed by atoms with Crippen molar-refractivity contribution in [1.82, 2.24) is 10.2 Å². The predicted octanol–water partition coefficient (Wildman–Crippen LogP) is 2.85. The van der Waals surface area contributed by atoms with Crippen molar-refractivity contribution in [2.45, 2.75) is 24.3 Å². The van der Waals surface area contributed by atoms with E-state index in [9.17, 15) is 4.39 Å². The van der Waals surface area contributed by atoms with Gasteiger partial charge in [0.2, 0.25) is 11.8 Å². The van der Waals surface area contributed by atoms with E-state index >= 15 is 0 Å². The SMILES string of the molecule is CC(CCN)SCc1nnc(-c2ccc(F)cc2)o1. The minimum absolute atomic E-state index is 0.283. The van der Waals surface area contributed by atoms with Crippen LogP contribution in [0.25, 0.3) is 11.5 Å². The number of hydrogen-bond acceptors (Lipinski definition) is 5. The number of rotatable bonds is 6. The smallest absolute Gasteiger partial charge is 0.247 e. The van der Waals surface area contributed by atoms with Gasteiger partial charge in [0.15, 0.2) is 0 Å². The summed E-state index contributed by atoms with van der Waals surface area (Å²) in [5, 5.41) is 8.41. The third kappa shape index (κ3) is 4.04. The number of aromatic nitrogens is 2. The molecular formula is C13H16FN3OS. The molecule has 0 radical (unpaired) electrons. The third-order valence-electron chi connectivity index (χ3n) is 2.62. The van der Waals surface area contributed by atoms with Crippen LogP contribution >= 0.6 is 11.8 Å². The van der Waals surface area contributed by atoms with Crippen LogP contribution in [0.1, 0.15) is 19.2 Å². The molecule has 0 spiro atoms. The maximum atomic E-state index is 12.8. The summed E-state index contributed by atoms with van der Waals surface area (Å²) in [4.78, 5) is 0. The fourth-order valence-electron chi connectivity index (χ4n) is 1.55. The molecule has 1 heterocycles. The van der Waals surface area contributed by atoms with E-state index in [0.717, 1.165) is 12.0 Å². The summed E-state index contributed by atoms with van der Waals surface area (Å²) in [6.45, 7) is 2.80. The van der Waals surface area contributed by atoms with Gasteiger partial charge in [-0.2, -0.15) is 0 Å². The molecule has 1 atom stereocenters. The van der Waals surface area contributed by atoms with Crippen molar-refractivity contribution in [2.24, 2.45) is 5.73 Å². The van der Waals surface area contributed by atoms with E-state index < -0.39 is 0 Å². The van der Waals surface area contributed by atoms with Gasteiger partial charge in [0.05, 0.1) is 5.75 Å². The lowest BCUT2D eigenvalue weighted by atomic mass is 10.2. The Morgan fingerprint density at radius 3 is 2.74 bits per heavy atom. The first-order chi connectivity index (χ1) is 9.19. The molecule has 2 aromatic rings. The number of benzene rings is 1. The number of thioether (sulfide) groups is 1. The number of nitrogens with zero attached hydrogens (tertiary/aromatic N) is 2. The lowest BCUT2D eigenvalue weighted by Gasteiger charge is -2.06. The van der Waals surface area contributed by atoms with Crippen LogP contribution in [-0.4, -0.2) is 22.0 Å². The van der Waals surface area contributed by atoms with Gasteiger partial charge in [-0.3, -0.25) is 0 Å². The summed E-state index contributed by atoms with van der Waals surface area (Å²) in [5.74, 6) is 1.37. The third-order valence-corrected chi connectivity index (χ3v) is 3.84. The monoisotopic (exact) mass is 281 g/mol. The molecule has 2 rings (SSSR count). The minimum Gasteiger partial charge on any atom is -0.420 e. The fraction of sp³-hybridized carbons (Fsp3) is 0.385. The second-order valence-electron chi connectivity index (χ2n) is 4.21. The van der Waals surface area contributed by atoms with Crippen LogP contribution in [-0.2, 0) is 5.75 Å². The first-order valence-electron chi connectivity index (χ1n) is 6.09. The molecule has 0 saturated heterocycles. The zero-order chi connectivity index (χ0) is 13.7. The van der Waals surface area contributed by atoms with Crippen molar-refractivity contribution in [3.8, 4) is 11.5 Å². The first-order valence-corrected chi connectivity index (χ1v) is 7.14. The highest BCUT2D eigenvalue weighted by molar-refractivity contribution is 7.99. The van der Waals surface area contributed by atoms with Crippen molar-refractivity contribution >= 4 is 11.8 Å². The summed E-state index contributed by atoms with van der Waals surface area (Å²) in [6, 6.07) is 5.99. The first kappa shape index (κ1) is 14.0. The van der Waals surface area contributed by atoms with Gasteiger partial charge in [0.25, 0.3) is 0 Å². The van der Waals surface area contributed by atoms with Crippen LogP contribution in [0.15, 0.2) is 28.7 Å². The van der Waals surface area contributed by atoms with Crippen LogP contribution in [0.4, 0.5) is 4.39 Å². The summed E-state index contributed by atoms with van der Waals surface area (Å²) < 4.78 is 18.4. The Labute approximate surface area is 115 Å². The van der Waals surface area contributed by atoms with Gasteiger partial charge in [-0.1, -0.05) is 6.92 Å². The molecule has 0 aliphatic heterocycles. The Morgan fingerprint density at radius 1 is 1.32 bits per heavy atom. The summed E-state index contributed by atoms with van der Waals surface area (Å²) in [5.41, 5.74) is 6.22. The average molecular weight is 281 g/mol. The Hall–Kier alpha value is -1.40. The van der Waals surface area contributed by atoms with Gasteiger partial charge in [-0.15, -0.1) is 22.0 Å². The number of hydrogen-bond donors (Lipinski definition) is 1. The molecule has 0 amide bonds. The van der Waals surface area contributed by atoms with Gasteiger partial charge in [0.1, 0.15) is 5.82 Å². The van der Waals surface area contributed by atoms with E-state index in [0.29, 0.717) is 29.3 Å². The maximum Gasteiger partial charge on any atom is 0.247 e. The van der Waals surface area contributed by atoms with Crippen molar-refractivity contribution in [1.29, 1.82) is 0 Å². The molecule has 6 heteroatoms. The highest BCUT2D eigenvalue weighted by atomic mass is 32.2. The summed E-state index contributed by atoms with van der Waals surface area (Å²) in [7, 11) is 0. The fourth-order valence-corrected chi connectivity index (χ4v) is 2.40. The van der Waals surface area contributed by atoms with Crippen LogP contribution in [0, 0.1) is 5.82 Å². The summed E-state index contributed by atoms with van der Waals surface area (Å²) in [6.07, 6.45) is 0.962. The second kappa shape index (κ2) is 6.68. The minimum atomic E-state index is -0.283. The lowest BCUT2D eigenvalue weighted by Crippen LogP contribution is -2.07. The average Bonchev–Trinajstić information content (AvgIpc) is 2.86. The molecule has 0 aliphatic carbocycles. The molecule has 4 nitrogen and oxygen atoms in total. The standard InChI is InChI=1S/C13H16FN3OS/c1-9(6-7-15)19-8-12-16-17-13(18-12)10-2-4-11(14)5-3-10/h2-5,9H,6-8,15H2,1H3. The maximum absolute atomic E-state index is 12.8. The quantitative estimate of drug-likeness (QED) is 0.882. The van der Waals surface area contributed by atoms with Gasteiger partial charge in [-0.05, 0) is 37.2 Å². The van der Waals surface area contributed by atoms with Gasteiger partial charge < -0.3 is 10.2 Å². The Morgan fingerprint density at radius 2 is 2.05 bits per heavy atom. The van der Waals surface area contributed by atoms with E-state index in [2.05, 4.69) is 17.1 Å².